The van der Waals surface area contributed by atoms with Crippen LogP contribution in [0, 0.1) is 13.8 Å². The molecule has 0 heterocycles. The number of nitrogens with one attached hydrogen (secondary N) is 1. The SMILES string of the molecule is COc1ccc(NC(=O)c2cccc(N)c2C)c(C)c1. The fourth-order valence-electron chi connectivity index (χ4n) is 1.99. The fraction of sp³-hybridized carbons (Fsp3) is 0.188. The monoisotopic (exact) mass is 270 g/mol. The molecule has 0 unspecified atom stereocenters. The van der Waals surface area contributed by atoms with Crippen molar-refractivity contribution in [2.45, 2.75) is 13.8 Å². The van der Waals surface area contributed by atoms with Crippen LogP contribution in [-0.2, 0) is 0 Å². The molecule has 20 heavy (non-hydrogen) atoms. The molecule has 0 saturated carbocycles. The van der Waals surface area contributed by atoms with Gasteiger partial charge < -0.3 is 15.8 Å². The van der Waals surface area contributed by atoms with Crippen LogP contribution in [0.15, 0.2) is 36.4 Å². The summed E-state index contributed by atoms with van der Waals surface area (Å²) in [5.74, 6) is 0.601. The Hall–Kier alpha value is -2.49. The average molecular weight is 270 g/mol. The maximum atomic E-state index is 12.3. The van der Waals surface area contributed by atoms with Gasteiger partial charge in [-0.1, -0.05) is 6.07 Å². The quantitative estimate of drug-likeness (QED) is 0.842. The van der Waals surface area contributed by atoms with Crippen molar-refractivity contribution in [1.29, 1.82) is 0 Å². The normalized spacial score (nSPS) is 10.2. The van der Waals surface area contributed by atoms with Gasteiger partial charge in [0.25, 0.3) is 5.91 Å². The van der Waals surface area contributed by atoms with E-state index in [1.807, 2.05) is 32.0 Å². The van der Waals surface area contributed by atoms with E-state index < -0.39 is 0 Å². The Balaban J connectivity index is 2.26. The van der Waals surface area contributed by atoms with Gasteiger partial charge in [0.2, 0.25) is 0 Å². The molecule has 0 aromatic heterocycles. The molecule has 0 bridgehead atoms. The van der Waals surface area contributed by atoms with E-state index in [4.69, 9.17) is 10.5 Å². The maximum absolute atomic E-state index is 12.3. The largest absolute Gasteiger partial charge is 0.497 e. The molecule has 0 saturated heterocycles. The van der Waals surface area contributed by atoms with Gasteiger partial charge in [0.1, 0.15) is 5.75 Å². The van der Waals surface area contributed by atoms with Crippen molar-refractivity contribution in [2.24, 2.45) is 0 Å². The van der Waals surface area contributed by atoms with E-state index in [9.17, 15) is 4.79 Å². The lowest BCUT2D eigenvalue weighted by molar-refractivity contribution is 0.102. The second-order valence-electron chi connectivity index (χ2n) is 4.65. The number of amides is 1. The number of carbonyl (C=O) groups is 1. The summed E-state index contributed by atoms with van der Waals surface area (Å²) in [7, 11) is 1.61. The van der Waals surface area contributed by atoms with E-state index in [-0.39, 0.29) is 5.91 Å². The second-order valence-corrected chi connectivity index (χ2v) is 4.65. The number of methoxy groups -OCH3 is 1. The molecule has 104 valence electrons. The highest BCUT2D eigenvalue weighted by molar-refractivity contribution is 6.06. The topological polar surface area (TPSA) is 64.3 Å². The summed E-state index contributed by atoms with van der Waals surface area (Å²) in [4.78, 5) is 12.3. The third-order valence-electron chi connectivity index (χ3n) is 3.30. The lowest BCUT2D eigenvalue weighted by Gasteiger charge is -2.12. The minimum atomic E-state index is -0.164. The number of hydrogen-bond donors (Lipinski definition) is 2. The summed E-state index contributed by atoms with van der Waals surface area (Å²) in [6.07, 6.45) is 0. The Kier molecular flexibility index (Phi) is 3.94. The van der Waals surface area contributed by atoms with Crippen LogP contribution >= 0.6 is 0 Å². The van der Waals surface area contributed by atoms with Crippen LogP contribution in [0.5, 0.6) is 5.75 Å². The highest BCUT2D eigenvalue weighted by Gasteiger charge is 2.12. The van der Waals surface area contributed by atoms with E-state index >= 15 is 0 Å². The van der Waals surface area contributed by atoms with Crippen LogP contribution in [0.1, 0.15) is 21.5 Å². The molecule has 0 spiro atoms. The molecule has 0 radical (unpaired) electrons. The molecule has 0 atom stereocenters. The van der Waals surface area contributed by atoms with Crippen LogP contribution in [0.2, 0.25) is 0 Å². The van der Waals surface area contributed by atoms with Crippen molar-refractivity contribution < 1.29 is 9.53 Å². The van der Waals surface area contributed by atoms with Crippen LogP contribution in [0.4, 0.5) is 11.4 Å². The number of nitrogens with two attached hydrogens (primary N) is 1. The average Bonchev–Trinajstić information content (AvgIpc) is 2.44. The third kappa shape index (κ3) is 2.74. The van der Waals surface area contributed by atoms with Gasteiger partial charge in [0.05, 0.1) is 7.11 Å². The van der Waals surface area contributed by atoms with Gasteiger partial charge in [-0.25, -0.2) is 0 Å². The Labute approximate surface area is 118 Å². The zero-order valence-electron chi connectivity index (χ0n) is 11.9. The van der Waals surface area contributed by atoms with Crippen LogP contribution in [0.25, 0.3) is 0 Å². The molecule has 2 rings (SSSR count). The van der Waals surface area contributed by atoms with Crippen LogP contribution < -0.4 is 15.8 Å². The summed E-state index contributed by atoms with van der Waals surface area (Å²) in [6, 6.07) is 10.8. The number of carbonyl (C=O) groups excluding carboxylic acids is 1. The number of hydrogen-bond acceptors (Lipinski definition) is 3. The number of nitrogen functional groups attached to an aromatic ring is 1. The second kappa shape index (κ2) is 5.65. The Bertz CT molecular complexity index is 651. The molecule has 4 nitrogen and oxygen atoms in total. The van der Waals surface area contributed by atoms with Crippen molar-refractivity contribution in [2.75, 3.05) is 18.2 Å². The predicted octanol–water partition coefficient (Wildman–Crippen LogP) is 3.15. The number of anilines is 2. The van der Waals surface area contributed by atoms with Gasteiger partial charge in [-0.15, -0.1) is 0 Å². The first-order valence-corrected chi connectivity index (χ1v) is 6.34. The van der Waals surface area contributed by atoms with Crippen LogP contribution in [-0.4, -0.2) is 13.0 Å². The van der Waals surface area contributed by atoms with Gasteiger partial charge in [0.15, 0.2) is 0 Å². The first-order chi connectivity index (χ1) is 9.52. The first kappa shape index (κ1) is 13.9. The molecule has 3 N–H and O–H groups in total. The van der Waals surface area contributed by atoms with Crippen molar-refractivity contribution in [3.8, 4) is 5.75 Å². The van der Waals surface area contributed by atoms with E-state index in [1.54, 1.807) is 25.3 Å². The van der Waals surface area contributed by atoms with Crippen molar-refractivity contribution >= 4 is 17.3 Å². The molecule has 0 aliphatic heterocycles. The first-order valence-electron chi connectivity index (χ1n) is 6.34. The molecule has 2 aromatic carbocycles. The van der Waals surface area contributed by atoms with E-state index in [0.717, 1.165) is 22.6 Å². The lowest BCUT2D eigenvalue weighted by atomic mass is 10.1. The molecule has 0 aliphatic carbocycles. The Morgan fingerprint density at radius 2 is 1.95 bits per heavy atom. The van der Waals surface area contributed by atoms with Gasteiger partial charge in [0, 0.05) is 16.9 Å². The minimum Gasteiger partial charge on any atom is -0.497 e. The number of benzene rings is 2. The van der Waals surface area contributed by atoms with Gasteiger partial charge in [-0.05, 0) is 55.3 Å². The molecule has 1 amide bonds. The van der Waals surface area contributed by atoms with Crippen LogP contribution in [0.3, 0.4) is 0 Å². The van der Waals surface area contributed by atoms with E-state index in [0.29, 0.717) is 11.3 Å². The molecule has 0 aliphatic rings. The molecular weight excluding hydrogens is 252 g/mol. The highest BCUT2D eigenvalue weighted by atomic mass is 16.5. The number of aryl methyl sites for hydroxylation is 1. The van der Waals surface area contributed by atoms with Gasteiger partial charge in [-0.3, -0.25) is 4.79 Å². The standard InChI is InChI=1S/C16H18N2O2/c1-10-9-12(20-3)7-8-15(10)18-16(19)13-5-4-6-14(17)11(13)2/h4-9H,17H2,1-3H3,(H,18,19). The predicted molar refractivity (Wildman–Crippen MR) is 81.3 cm³/mol. The minimum absolute atomic E-state index is 0.164. The molecule has 2 aromatic rings. The van der Waals surface area contributed by atoms with Crippen molar-refractivity contribution in [3.05, 3.63) is 53.1 Å². The Morgan fingerprint density at radius 1 is 1.20 bits per heavy atom. The van der Waals surface area contributed by atoms with E-state index in [1.165, 1.54) is 0 Å². The lowest BCUT2D eigenvalue weighted by Crippen LogP contribution is -2.14. The van der Waals surface area contributed by atoms with Gasteiger partial charge in [-0.2, -0.15) is 0 Å². The smallest absolute Gasteiger partial charge is 0.256 e. The zero-order valence-corrected chi connectivity index (χ0v) is 11.9. The van der Waals surface area contributed by atoms with Crippen molar-refractivity contribution in [1.82, 2.24) is 0 Å². The fourth-order valence-corrected chi connectivity index (χ4v) is 1.99. The molecule has 0 fully saturated rings. The maximum Gasteiger partial charge on any atom is 0.256 e. The van der Waals surface area contributed by atoms with Crippen molar-refractivity contribution in [3.63, 3.8) is 0 Å². The number of ether oxygens (including phenoxy) is 1. The molecular formula is C16H18N2O2. The summed E-state index contributed by atoms with van der Waals surface area (Å²) in [5.41, 5.74) is 9.52. The number of rotatable bonds is 3. The Morgan fingerprint density at radius 3 is 2.60 bits per heavy atom. The molecule has 4 heteroatoms. The highest BCUT2D eigenvalue weighted by Crippen LogP contribution is 2.23. The summed E-state index contributed by atoms with van der Waals surface area (Å²) < 4.78 is 5.15. The summed E-state index contributed by atoms with van der Waals surface area (Å²) in [5, 5.41) is 2.90. The summed E-state index contributed by atoms with van der Waals surface area (Å²) >= 11 is 0. The zero-order chi connectivity index (χ0) is 14.7. The van der Waals surface area contributed by atoms with E-state index in [2.05, 4.69) is 5.32 Å². The third-order valence-corrected chi connectivity index (χ3v) is 3.30. The van der Waals surface area contributed by atoms with Gasteiger partial charge >= 0.3 is 0 Å². The summed E-state index contributed by atoms with van der Waals surface area (Å²) in [6.45, 7) is 3.76.